The molecule has 5 nitrogen and oxygen atoms in total. The summed E-state index contributed by atoms with van der Waals surface area (Å²) in [5.41, 5.74) is 1.64. The molecule has 6 heteroatoms. The number of carbonyl (C=O) groups excluding carboxylic acids is 2. The van der Waals surface area contributed by atoms with Crippen LogP contribution in [-0.2, 0) is 11.3 Å². The maximum Gasteiger partial charge on any atom is 0.299 e. The topological polar surface area (TPSA) is 63.4 Å². The Hall–Kier alpha value is -1.95. The van der Waals surface area contributed by atoms with Gasteiger partial charge in [-0.2, -0.15) is 0 Å². The third kappa shape index (κ3) is 1.98. The molecule has 3 rings (SSSR count). The molecule has 0 N–H and O–H groups in total. The number of carbonyl (C=O) groups is 2. The Kier molecular flexibility index (Phi) is 2.74. The molecule has 1 aliphatic rings. The largest absolute Gasteiger partial charge is 0.361 e. The lowest BCUT2D eigenvalue weighted by Gasteiger charge is -2.14. The van der Waals surface area contributed by atoms with Gasteiger partial charge in [-0.05, 0) is 25.1 Å². The van der Waals surface area contributed by atoms with Gasteiger partial charge in [-0.1, -0.05) is 21.1 Å². The molecule has 0 spiro atoms. The Balaban J connectivity index is 2.01. The number of anilines is 1. The molecule has 0 fully saturated rings. The molecule has 2 aromatic rings. The molecule has 0 unspecified atom stereocenters. The van der Waals surface area contributed by atoms with E-state index in [1.54, 1.807) is 31.2 Å². The second kappa shape index (κ2) is 4.31. The van der Waals surface area contributed by atoms with E-state index in [0.717, 1.165) is 4.47 Å². The van der Waals surface area contributed by atoms with E-state index in [1.807, 2.05) is 0 Å². The average molecular weight is 321 g/mol. The summed E-state index contributed by atoms with van der Waals surface area (Å²) in [7, 11) is 0. The van der Waals surface area contributed by atoms with E-state index in [-0.39, 0.29) is 6.54 Å². The van der Waals surface area contributed by atoms with Gasteiger partial charge in [0.2, 0.25) is 0 Å². The number of ketones is 1. The smallest absolute Gasteiger partial charge is 0.299 e. The van der Waals surface area contributed by atoms with Crippen molar-refractivity contribution in [3.63, 3.8) is 0 Å². The van der Waals surface area contributed by atoms with Gasteiger partial charge in [0.1, 0.15) is 11.5 Å². The Morgan fingerprint density at radius 2 is 2.11 bits per heavy atom. The maximum atomic E-state index is 12.0. The minimum Gasteiger partial charge on any atom is -0.361 e. The van der Waals surface area contributed by atoms with E-state index in [2.05, 4.69) is 21.1 Å². The van der Waals surface area contributed by atoms with Crippen LogP contribution in [0, 0.1) is 6.92 Å². The van der Waals surface area contributed by atoms with Crippen LogP contribution >= 0.6 is 15.9 Å². The number of halogens is 1. The van der Waals surface area contributed by atoms with Crippen LogP contribution < -0.4 is 4.90 Å². The lowest BCUT2D eigenvalue weighted by Crippen LogP contribution is -2.29. The van der Waals surface area contributed by atoms with E-state index in [1.165, 1.54) is 4.90 Å². The number of nitrogens with zero attached hydrogens (tertiary/aromatic N) is 2. The first-order chi connectivity index (χ1) is 9.06. The fourth-order valence-corrected chi connectivity index (χ4v) is 2.43. The van der Waals surface area contributed by atoms with Crippen molar-refractivity contribution >= 4 is 33.3 Å². The van der Waals surface area contributed by atoms with Gasteiger partial charge in [0, 0.05) is 10.5 Å². The minimum atomic E-state index is -0.534. The molecule has 1 aliphatic heterocycles. The molecular formula is C13H9BrN2O3. The van der Waals surface area contributed by atoms with Crippen molar-refractivity contribution in [2.75, 3.05) is 4.90 Å². The zero-order valence-corrected chi connectivity index (χ0v) is 11.6. The maximum absolute atomic E-state index is 12.0. The Labute approximate surface area is 117 Å². The number of hydrogen-bond donors (Lipinski definition) is 0. The van der Waals surface area contributed by atoms with Gasteiger partial charge in [0.05, 0.1) is 17.8 Å². The molecule has 0 bridgehead atoms. The third-order valence-electron chi connectivity index (χ3n) is 2.93. The van der Waals surface area contributed by atoms with Crippen molar-refractivity contribution < 1.29 is 14.1 Å². The lowest BCUT2D eigenvalue weighted by molar-refractivity contribution is -0.114. The standard InChI is InChI=1S/C13H9BrN2O3/c1-7-4-9(15-19-7)6-16-11-5-8(14)2-3-10(11)12(17)13(16)18/h2-5H,6H2,1H3. The van der Waals surface area contributed by atoms with Crippen LogP contribution in [0.5, 0.6) is 0 Å². The highest BCUT2D eigenvalue weighted by Gasteiger charge is 2.36. The van der Waals surface area contributed by atoms with Crippen LogP contribution in [0.15, 0.2) is 33.3 Å². The Morgan fingerprint density at radius 3 is 2.79 bits per heavy atom. The van der Waals surface area contributed by atoms with Gasteiger partial charge in [-0.3, -0.25) is 14.5 Å². The van der Waals surface area contributed by atoms with E-state index >= 15 is 0 Å². The monoisotopic (exact) mass is 320 g/mol. The molecule has 0 radical (unpaired) electrons. The van der Waals surface area contributed by atoms with Gasteiger partial charge in [-0.15, -0.1) is 0 Å². The molecule has 0 aliphatic carbocycles. The van der Waals surface area contributed by atoms with E-state index in [4.69, 9.17) is 4.52 Å². The van der Waals surface area contributed by atoms with Gasteiger partial charge < -0.3 is 4.52 Å². The zero-order chi connectivity index (χ0) is 13.6. The summed E-state index contributed by atoms with van der Waals surface area (Å²) in [6.45, 7) is 2.00. The van der Waals surface area contributed by atoms with Crippen molar-refractivity contribution in [2.45, 2.75) is 13.5 Å². The van der Waals surface area contributed by atoms with Crippen LogP contribution in [0.25, 0.3) is 0 Å². The molecule has 0 saturated heterocycles. The number of Topliss-reactive ketones (excluding diaryl/α,β-unsaturated/α-hetero) is 1. The predicted octanol–water partition coefficient (Wildman–Crippen LogP) is 2.48. The summed E-state index contributed by atoms with van der Waals surface area (Å²) in [6, 6.07) is 6.89. The normalized spacial score (nSPS) is 14.1. The van der Waals surface area contributed by atoms with Crippen LogP contribution in [0.2, 0.25) is 0 Å². The van der Waals surface area contributed by atoms with Gasteiger partial charge in [0.15, 0.2) is 0 Å². The zero-order valence-electron chi connectivity index (χ0n) is 10.0. The quantitative estimate of drug-likeness (QED) is 0.797. The number of fused-ring (bicyclic) bond motifs is 1. The van der Waals surface area contributed by atoms with Crippen molar-refractivity contribution in [3.05, 3.63) is 45.8 Å². The number of rotatable bonds is 2. The summed E-state index contributed by atoms with van der Waals surface area (Å²) in [4.78, 5) is 25.3. The average Bonchev–Trinajstić information content (AvgIpc) is 2.88. The molecule has 19 heavy (non-hydrogen) atoms. The molecular weight excluding hydrogens is 312 g/mol. The second-order valence-electron chi connectivity index (χ2n) is 4.31. The molecule has 0 atom stereocenters. The number of benzene rings is 1. The van der Waals surface area contributed by atoms with Gasteiger partial charge in [0.25, 0.3) is 11.7 Å². The highest BCUT2D eigenvalue weighted by Crippen LogP contribution is 2.32. The number of hydrogen-bond acceptors (Lipinski definition) is 4. The summed E-state index contributed by atoms with van der Waals surface area (Å²) in [6.07, 6.45) is 0. The van der Waals surface area contributed by atoms with Crippen molar-refractivity contribution in [1.82, 2.24) is 5.16 Å². The SMILES string of the molecule is Cc1cc(CN2C(=O)C(=O)c3ccc(Br)cc32)no1. The van der Waals surface area contributed by atoms with E-state index in [0.29, 0.717) is 22.7 Å². The van der Waals surface area contributed by atoms with Crippen LogP contribution in [0.4, 0.5) is 5.69 Å². The molecule has 96 valence electrons. The Morgan fingerprint density at radius 1 is 1.32 bits per heavy atom. The molecule has 1 amide bonds. The highest BCUT2D eigenvalue weighted by atomic mass is 79.9. The predicted molar refractivity (Wildman–Crippen MR) is 70.9 cm³/mol. The van der Waals surface area contributed by atoms with E-state index in [9.17, 15) is 9.59 Å². The van der Waals surface area contributed by atoms with Gasteiger partial charge in [-0.25, -0.2) is 0 Å². The highest BCUT2D eigenvalue weighted by molar-refractivity contribution is 9.10. The summed E-state index contributed by atoms with van der Waals surface area (Å²) >= 11 is 3.34. The van der Waals surface area contributed by atoms with E-state index < -0.39 is 11.7 Å². The lowest BCUT2D eigenvalue weighted by atomic mass is 10.1. The minimum absolute atomic E-state index is 0.228. The van der Waals surface area contributed by atoms with Crippen LogP contribution in [-0.4, -0.2) is 16.8 Å². The Bertz CT molecular complexity index is 693. The van der Waals surface area contributed by atoms with Gasteiger partial charge >= 0.3 is 0 Å². The fraction of sp³-hybridized carbons (Fsp3) is 0.154. The van der Waals surface area contributed by atoms with Crippen molar-refractivity contribution in [3.8, 4) is 0 Å². The summed E-state index contributed by atoms with van der Waals surface area (Å²) < 4.78 is 5.78. The summed E-state index contributed by atoms with van der Waals surface area (Å²) in [5.74, 6) is -0.348. The fourth-order valence-electron chi connectivity index (χ4n) is 2.08. The number of aromatic nitrogens is 1. The molecule has 1 aromatic heterocycles. The summed E-state index contributed by atoms with van der Waals surface area (Å²) in [5, 5.41) is 3.84. The number of amides is 1. The van der Waals surface area contributed by atoms with Crippen LogP contribution in [0.1, 0.15) is 21.8 Å². The first kappa shape index (κ1) is 12.1. The first-order valence-electron chi connectivity index (χ1n) is 5.64. The van der Waals surface area contributed by atoms with Crippen molar-refractivity contribution in [1.29, 1.82) is 0 Å². The molecule has 0 saturated carbocycles. The van der Waals surface area contributed by atoms with Crippen LogP contribution in [0.3, 0.4) is 0 Å². The first-order valence-corrected chi connectivity index (χ1v) is 6.43. The second-order valence-corrected chi connectivity index (χ2v) is 5.23. The molecule has 1 aromatic carbocycles. The van der Waals surface area contributed by atoms with Crippen molar-refractivity contribution in [2.24, 2.45) is 0 Å². The number of aryl methyl sites for hydroxylation is 1. The molecule has 2 heterocycles. The third-order valence-corrected chi connectivity index (χ3v) is 3.42.